The zero-order valence-electron chi connectivity index (χ0n) is 17.7. The predicted molar refractivity (Wildman–Crippen MR) is 116 cm³/mol. The van der Waals surface area contributed by atoms with E-state index in [0.717, 1.165) is 18.5 Å². The fraction of sp³-hybridized carbons (Fsp3) is 0.500. The molecule has 0 saturated carbocycles. The maximum Gasteiger partial charge on any atom is 0.257 e. The Morgan fingerprint density at radius 3 is 2.74 bits per heavy atom. The van der Waals surface area contributed by atoms with Gasteiger partial charge in [0.2, 0.25) is 0 Å². The number of rotatable bonds is 2. The molecule has 9 heteroatoms. The van der Waals surface area contributed by atoms with E-state index in [0.29, 0.717) is 42.3 Å². The minimum atomic E-state index is -0.636. The van der Waals surface area contributed by atoms with Crippen LogP contribution in [-0.4, -0.2) is 57.5 Å². The number of carbonyl (C=O) groups is 2. The zero-order valence-corrected chi connectivity index (χ0v) is 18.4. The average molecular weight is 444 g/mol. The van der Waals surface area contributed by atoms with Crippen LogP contribution < -0.4 is 10.6 Å². The van der Waals surface area contributed by atoms with Crippen LogP contribution in [0, 0.1) is 0 Å². The fourth-order valence-corrected chi connectivity index (χ4v) is 5.00. The van der Waals surface area contributed by atoms with E-state index in [1.165, 1.54) is 0 Å². The Morgan fingerprint density at radius 2 is 2.03 bits per heavy atom. The molecule has 4 heterocycles. The van der Waals surface area contributed by atoms with Gasteiger partial charge in [-0.25, -0.2) is 0 Å². The van der Waals surface area contributed by atoms with Crippen LogP contribution in [0.3, 0.4) is 0 Å². The van der Waals surface area contributed by atoms with Crippen LogP contribution in [0.1, 0.15) is 59.9 Å². The molecule has 2 spiro atoms. The highest BCUT2D eigenvalue weighted by molar-refractivity contribution is 6.31. The number of halogens is 1. The zero-order chi connectivity index (χ0) is 21.8. The van der Waals surface area contributed by atoms with Gasteiger partial charge in [-0.2, -0.15) is 5.10 Å². The summed E-state index contributed by atoms with van der Waals surface area (Å²) in [5.41, 5.74) is 0.931. The number of carbonyl (C=O) groups excluding carboxylic acids is 2. The van der Waals surface area contributed by atoms with Crippen LogP contribution >= 0.6 is 11.6 Å². The van der Waals surface area contributed by atoms with E-state index in [9.17, 15) is 9.59 Å². The molecule has 1 unspecified atom stereocenters. The van der Waals surface area contributed by atoms with E-state index < -0.39 is 5.66 Å². The molecule has 0 bridgehead atoms. The van der Waals surface area contributed by atoms with Gasteiger partial charge in [-0.15, -0.1) is 0 Å². The standard InChI is InChI=1S/C22H26ClN5O3/c1-14(2)28-11-15(10-24-28)20(30)27-7-5-21(6-8-27)12-22(13-31-21)25-18-4-3-16(23)9-17(18)19(29)26-22/h3-4,9-11,14,25H,5-8,12-13H2,1-2H3,(H,26,29). The molecule has 1 aromatic carbocycles. The number of piperidine rings is 1. The quantitative estimate of drug-likeness (QED) is 0.744. The number of hydrogen-bond donors (Lipinski definition) is 2. The van der Waals surface area contributed by atoms with Crippen molar-refractivity contribution in [2.24, 2.45) is 0 Å². The van der Waals surface area contributed by atoms with E-state index >= 15 is 0 Å². The predicted octanol–water partition coefficient (Wildman–Crippen LogP) is 3.06. The SMILES string of the molecule is CC(C)n1cc(C(=O)N2CCC3(CC2)CC2(CO3)NC(=O)c3cc(Cl)ccc3N2)cn1. The summed E-state index contributed by atoms with van der Waals surface area (Å²) in [6, 6.07) is 5.50. The highest BCUT2D eigenvalue weighted by atomic mass is 35.5. The molecular formula is C22H26ClN5O3. The summed E-state index contributed by atoms with van der Waals surface area (Å²) < 4.78 is 8.07. The van der Waals surface area contributed by atoms with Crippen LogP contribution in [0.4, 0.5) is 5.69 Å². The number of likely N-dealkylation sites (tertiary alicyclic amines) is 1. The number of ether oxygens (including phenoxy) is 1. The minimum Gasteiger partial charge on any atom is -0.370 e. The van der Waals surface area contributed by atoms with Crippen LogP contribution in [0.5, 0.6) is 0 Å². The number of hydrogen-bond acceptors (Lipinski definition) is 5. The number of nitrogens with zero attached hydrogens (tertiary/aromatic N) is 3. The summed E-state index contributed by atoms with van der Waals surface area (Å²) in [6.45, 7) is 5.67. The molecule has 0 radical (unpaired) electrons. The fourth-order valence-electron chi connectivity index (χ4n) is 4.83. The lowest BCUT2D eigenvalue weighted by Crippen LogP contribution is -2.59. The Labute approximate surface area is 185 Å². The Balaban J connectivity index is 1.26. The van der Waals surface area contributed by atoms with Crippen LogP contribution in [0.2, 0.25) is 5.02 Å². The Kier molecular flexibility index (Phi) is 4.75. The summed E-state index contributed by atoms with van der Waals surface area (Å²) in [6.07, 6.45) is 5.55. The molecule has 164 valence electrons. The van der Waals surface area contributed by atoms with Gasteiger partial charge in [-0.05, 0) is 44.9 Å². The van der Waals surface area contributed by atoms with E-state index in [1.807, 2.05) is 31.0 Å². The first-order valence-electron chi connectivity index (χ1n) is 10.7. The third kappa shape index (κ3) is 3.57. The van der Waals surface area contributed by atoms with E-state index in [2.05, 4.69) is 15.7 Å². The molecular weight excluding hydrogens is 418 g/mol. The second-order valence-corrected chi connectivity index (χ2v) is 9.53. The van der Waals surface area contributed by atoms with Gasteiger partial charge in [-0.3, -0.25) is 14.3 Å². The van der Waals surface area contributed by atoms with Gasteiger partial charge in [-0.1, -0.05) is 11.6 Å². The first-order chi connectivity index (χ1) is 14.8. The molecule has 1 aromatic heterocycles. The van der Waals surface area contributed by atoms with Gasteiger partial charge >= 0.3 is 0 Å². The monoisotopic (exact) mass is 443 g/mol. The van der Waals surface area contributed by atoms with Crippen molar-refractivity contribution in [1.82, 2.24) is 20.0 Å². The van der Waals surface area contributed by atoms with E-state index in [1.54, 1.807) is 23.0 Å². The third-order valence-electron chi connectivity index (χ3n) is 6.54. The largest absolute Gasteiger partial charge is 0.370 e. The number of aromatic nitrogens is 2. The van der Waals surface area contributed by atoms with Crippen molar-refractivity contribution in [3.63, 3.8) is 0 Å². The molecule has 5 rings (SSSR count). The second kappa shape index (κ2) is 7.24. The van der Waals surface area contributed by atoms with E-state index in [-0.39, 0.29) is 23.5 Å². The normalized spacial score (nSPS) is 24.4. The molecule has 2 saturated heterocycles. The van der Waals surface area contributed by atoms with Gasteiger partial charge in [0.15, 0.2) is 0 Å². The summed E-state index contributed by atoms with van der Waals surface area (Å²) >= 11 is 6.04. The molecule has 8 nitrogen and oxygen atoms in total. The van der Waals surface area contributed by atoms with Crippen LogP contribution in [0.15, 0.2) is 30.6 Å². The molecule has 1 atom stereocenters. The minimum absolute atomic E-state index is 0.00404. The van der Waals surface area contributed by atoms with E-state index in [4.69, 9.17) is 16.3 Å². The van der Waals surface area contributed by atoms with Crippen LogP contribution in [0.25, 0.3) is 0 Å². The van der Waals surface area contributed by atoms with Crippen molar-refractivity contribution in [3.05, 3.63) is 46.7 Å². The lowest BCUT2D eigenvalue weighted by molar-refractivity contribution is -0.0393. The Morgan fingerprint density at radius 1 is 1.26 bits per heavy atom. The first kappa shape index (κ1) is 20.3. The topological polar surface area (TPSA) is 88.5 Å². The Hall–Kier alpha value is -2.58. The first-order valence-corrected chi connectivity index (χ1v) is 11.0. The molecule has 2 amide bonds. The number of benzene rings is 1. The lowest BCUT2D eigenvalue weighted by Gasteiger charge is -2.41. The highest BCUT2D eigenvalue weighted by Gasteiger charge is 2.53. The maximum absolute atomic E-state index is 12.9. The number of nitrogens with one attached hydrogen (secondary N) is 2. The molecule has 31 heavy (non-hydrogen) atoms. The molecule has 3 aliphatic heterocycles. The number of amides is 2. The third-order valence-corrected chi connectivity index (χ3v) is 6.78. The van der Waals surface area contributed by atoms with Crippen molar-refractivity contribution in [2.75, 3.05) is 25.0 Å². The Bertz CT molecular complexity index is 1040. The number of fused-ring (bicyclic) bond motifs is 1. The summed E-state index contributed by atoms with van der Waals surface area (Å²) in [5, 5.41) is 11.4. The highest BCUT2D eigenvalue weighted by Crippen LogP contribution is 2.43. The summed E-state index contributed by atoms with van der Waals surface area (Å²) in [7, 11) is 0. The maximum atomic E-state index is 12.9. The lowest BCUT2D eigenvalue weighted by atomic mass is 9.84. The van der Waals surface area contributed by atoms with Gasteiger partial charge in [0.05, 0.1) is 29.5 Å². The van der Waals surface area contributed by atoms with Gasteiger partial charge < -0.3 is 20.3 Å². The molecule has 2 N–H and O–H groups in total. The summed E-state index contributed by atoms with van der Waals surface area (Å²) in [5.74, 6) is -0.143. The van der Waals surface area contributed by atoms with Crippen molar-refractivity contribution >= 4 is 29.1 Å². The smallest absolute Gasteiger partial charge is 0.257 e. The van der Waals surface area contributed by atoms with Gasteiger partial charge in [0.25, 0.3) is 11.8 Å². The second-order valence-electron chi connectivity index (χ2n) is 9.09. The van der Waals surface area contributed by atoms with Crippen molar-refractivity contribution in [2.45, 2.75) is 50.4 Å². The van der Waals surface area contributed by atoms with Crippen LogP contribution in [-0.2, 0) is 4.74 Å². The summed E-state index contributed by atoms with van der Waals surface area (Å²) in [4.78, 5) is 27.5. The van der Waals surface area contributed by atoms with Gasteiger partial charge in [0.1, 0.15) is 5.66 Å². The van der Waals surface area contributed by atoms with Gasteiger partial charge in [0, 0.05) is 42.5 Å². The average Bonchev–Trinajstić information content (AvgIpc) is 3.35. The molecule has 2 fully saturated rings. The molecule has 3 aliphatic rings. The molecule has 2 aromatic rings. The van der Waals surface area contributed by atoms with Crippen molar-refractivity contribution < 1.29 is 14.3 Å². The van der Waals surface area contributed by atoms with Crippen molar-refractivity contribution in [1.29, 1.82) is 0 Å². The van der Waals surface area contributed by atoms with Crippen molar-refractivity contribution in [3.8, 4) is 0 Å². The number of anilines is 1. The molecule has 0 aliphatic carbocycles.